The molecular formula is C12H10N2S. The van der Waals surface area contributed by atoms with E-state index < -0.39 is 0 Å². The molecule has 3 rings (SSSR count). The minimum Gasteiger partial charge on any atom is -0.277 e. The molecular weight excluding hydrogens is 204 g/mol. The average molecular weight is 214 g/mol. The van der Waals surface area contributed by atoms with Crippen LogP contribution in [0.3, 0.4) is 0 Å². The molecule has 2 heterocycles. The summed E-state index contributed by atoms with van der Waals surface area (Å²) < 4.78 is 0. The van der Waals surface area contributed by atoms with Crippen molar-refractivity contribution in [3.05, 3.63) is 42.2 Å². The summed E-state index contributed by atoms with van der Waals surface area (Å²) in [6, 6.07) is 8.32. The Kier molecular flexibility index (Phi) is 2.18. The van der Waals surface area contributed by atoms with E-state index in [2.05, 4.69) is 28.2 Å². The number of nitrogens with zero attached hydrogens (tertiary/aromatic N) is 2. The number of benzene rings is 1. The maximum atomic E-state index is 4.50. The van der Waals surface area contributed by atoms with Gasteiger partial charge in [-0.05, 0) is 5.39 Å². The summed E-state index contributed by atoms with van der Waals surface area (Å²) >= 11 is 1.82. The smallest absolute Gasteiger partial charge is 0.0999 e. The average Bonchev–Trinajstić information content (AvgIpc) is 2.82. The van der Waals surface area contributed by atoms with Crippen LogP contribution in [0.5, 0.6) is 0 Å². The van der Waals surface area contributed by atoms with E-state index >= 15 is 0 Å². The predicted molar refractivity (Wildman–Crippen MR) is 65.6 cm³/mol. The van der Waals surface area contributed by atoms with Gasteiger partial charge in [-0.3, -0.25) is 9.98 Å². The third kappa shape index (κ3) is 1.53. The molecule has 0 saturated carbocycles. The van der Waals surface area contributed by atoms with Crippen molar-refractivity contribution >= 4 is 27.6 Å². The van der Waals surface area contributed by atoms with Gasteiger partial charge in [-0.15, -0.1) is 11.8 Å². The van der Waals surface area contributed by atoms with Crippen molar-refractivity contribution in [2.45, 2.75) is 0 Å². The zero-order valence-corrected chi connectivity index (χ0v) is 9.00. The molecule has 1 aliphatic heterocycles. The Morgan fingerprint density at radius 3 is 2.93 bits per heavy atom. The van der Waals surface area contributed by atoms with Crippen molar-refractivity contribution in [2.75, 3.05) is 12.3 Å². The molecule has 0 unspecified atom stereocenters. The molecule has 0 atom stereocenters. The third-order valence-corrected chi connectivity index (χ3v) is 3.49. The first-order chi connectivity index (χ1) is 7.45. The van der Waals surface area contributed by atoms with Gasteiger partial charge in [0.2, 0.25) is 0 Å². The molecule has 0 bridgehead atoms. The van der Waals surface area contributed by atoms with Crippen LogP contribution in [-0.4, -0.2) is 22.3 Å². The summed E-state index contributed by atoms with van der Waals surface area (Å²) in [4.78, 5) is 8.76. The summed E-state index contributed by atoms with van der Waals surface area (Å²) in [5.41, 5.74) is 1.18. The van der Waals surface area contributed by atoms with E-state index in [0.717, 1.165) is 17.3 Å². The predicted octanol–water partition coefficient (Wildman–Crippen LogP) is 2.73. The van der Waals surface area contributed by atoms with Crippen LogP contribution >= 0.6 is 11.8 Å². The van der Waals surface area contributed by atoms with E-state index in [1.165, 1.54) is 16.3 Å². The van der Waals surface area contributed by atoms with Crippen LogP contribution in [0.2, 0.25) is 0 Å². The Hall–Kier alpha value is -1.35. The minimum atomic E-state index is 0.934. The fourth-order valence-corrected chi connectivity index (χ4v) is 2.66. The van der Waals surface area contributed by atoms with Crippen LogP contribution in [0.25, 0.3) is 10.8 Å². The van der Waals surface area contributed by atoms with E-state index in [1.54, 1.807) is 0 Å². The Bertz CT molecular complexity index is 529. The molecule has 0 amide bonds. The second-order valence-corrected chi connectivity index (χ2v) is 4.53. The lowest BCUT2D eigenvalue weighted by atomic mass is 10.1. The molecule has 2 nitrogen and oxygen atoms in total. The van der Waals surface area contributed by atoms with Gasteiger partial charge in [-0.1, -0.05) is 24.3 Å². The van der Waals surface area contributed by atoms with Gasteiger partial charge in [0.05, 0.1) is 5.04 Å². The van der Waals surface area contributed by atoms with Crippen molar-refractivity contribution in [1.29, 1.82) is 0 Å². The highest BCUT2D eigenvalue weighted by atomic mass is 32.2. The van der Waals surface area contributed by atoms with Crippen LogP contribution in [0, 0.1) is 0 Å². The van der Waals surface area contributed by atoms with Crippen molar-refractivity contribution in [3.63, 3.8) is 0 Å². The van der Waals surface area contributed by atoms with Gasteiger partial charge in [-0.2, -0.15) is 0 Å². The summed E-state index contributed by atoms with van der Waals surface area (Å²) in [5.74, 6) is 1.10. The highest BCUT2D eigenvalue weighted by molar-refractivity contribution is 8.14. The van der Waals surface area contributed by atoms with E-state index in [9.17, 15) is 0 Å². The molecule has 2 aromatic rings. The van der Waals surface area contributed by atoms with Crippen molar-refractivity contribution in [3.8, 4) is 0 Å². The highest BCUT2D eigenvalue weighted by Crippen LogP contribution is 2.24. The molecule has 74 valence electrons. The molecule has 0 radical (unpaired) electrons. The monoisotopic (exact) mass is 214 g/mol. The third-order valence-electron chi connectivity index (χ3n) is 2.48. The number of aliphatic imine (C=N–C) groups is 1. The van der Waals surface area contributed by atoms with E-state index in [4.69, 9.17) is 0 Å². The van der Waals surface area contributed by atoms with Crippen molar-refractivity contribution in [1.82, 2.24) is 4.98 Å². The van der Waals surface area contributed by atoms with E-state index in [-0.39, 0.29) is 0 Å². The molecule has 3 heteroatoms. The minimum absolute atomic E-state index is 0.934. The molecule has 1 aromatic carbocycles. The standard InChI is InChI=1S/C12H10N2S/c1-2-4-10-9(3-1)7-13-8-11(10)12-14-5-6-15-12/h1-4,7-8H,5-6H2. The summed E-state index contributed by atoms with van der Waals surface area (Å²) in [7, 11) is 0. The summed E-state index contributed by atoms with van der Waals surface area (Å²) in [5, 5.41) is 3.57. The maximum absolute atomic E-state index is 4.50. The SMILES string of the molecule is c1ccc2c(C3=NCCS3)cncc2c1. The lowest BCUT2D eigenvalue weighted by molar-refractivity contribution is 1.17. The van der Waals surface area contributed by atoms with Crippen LogP contribution in [0.1, 0.15) is 5.56 Å². The fourth-order valence-electron chi connectivity index (χ4n) is 1.79. The maximum Gasteiger partial charge on any atom is 0.0999 e. The number of hydrogen-bond donors (Lipinski definition) is 0. The van der Waals surface area contributed by atoms with Gasteiger partial charge in [0.1, 0.15) is 0 Å². The number of pyridine rings is 1. The largest absolute Gasteiger partial charge is 0.277 e. The van der Waals surface area contributed by atoms with Gasteiger partial charge in [0.25, 0.3) is 0 Å². The first kappa shape index (κ1) is 8.92. The Morgan fingerprint density at radius 1 is 1.13 bits per heavy atom. The Balaban J connectivity index is 2.26. The molecule has 0 N–H and O–H groups in total. The van der Waals surface area contributed by atoms with Crippen molar-refractivity contribution in [2.24, 2.45) is 4.99 Å². The molecule has 0 fully saturated rings. The number of aromatic nitrogens is 1. The van der Waals surface area contributed by atoms with Gasteiger partial charge in [0, 0.05) is 35.6 Å². The Morgan fingerprint density at radius 2 is 2.07 bits per heavy atom. The van der Waals surface area contributed by atoms with Gasteiger partial charge in [0.15, 0.2) is 0 Å². The fraction of sp³-hybridized carbons (Fsp3) is 0.167. The van der Waals surface area contributed by atoms with Crippen molar-refractivity contribution < 1.29 is 0 Å². The molecule has 1 aromatic heterocycles. The molecule has 15 heavy (non-hydrogen) atoms. The normalized spacial score (nSPS) is 15.6. The molecule has 0 aliphatic carbocycles. The Labute approximate surface area is 92.4 Å². The number of hydrogen-bond acceptors (Lipinski definition) is 3. The second-order valence-electron chi connectivity index (χ2n) is 3.44. The van der Waals surface area contributed by atoms with Gasteiger partial charge in [-0.25, -0.2) is 0 Å². The van der Waals surface area contributed by atoms with Crippen LogP contribution in [0.15, 0.2) is 41.7 Å². The number of thioether (sulfide) groups is 1. The molecule has 0 saturated heterocycles. The summed E-state index contributed by atoms with van der Waals surface area (Å²) in [6.45, 7) is 0.934. The lowest BCUT2D eigenvalue weighted by Crippen LogP contribution is -1.94. The quantitative estimate of drug-likeness (QED) is 0.729. The van der Waals surface area contributed by atoms with Crippen LogP contribution in [0.4, 0.5) is 0 Å². The second kappa shape index (κ2) is 3.66. The topological polar surface area (TPSA) is 25.2 Å². The molecule has 1 aliphatic rings. The van der Waals surface area contributed by atoms with Gasteiger partial charge < -0.3 is 0 Å². The number of fused-ring (bicyclic) bond motifs is 1. The van der Waals surface area contributed by atoms with Gasteiger partial charge >= 0.3 is 0 Å². The number of rotatable bonds is 1. The lowest BCUT2D eigenvalue weighted by Gasteiger charge is -2.04. The first-order valence-electron chi connectivity index (χ1n) is 4.95. The zero-order valence-electron chi connectivity index (χ0n) is 8.18. The molecule has 0 spiro atoms. The first-order valence-corrected chi connectivity index (χ1v) is 5.94. The zero-order chi connectivity index (χ0) is 10.1. The highest BCUT2D eigenvalue weighted by Gasteiger charge is 2.12. The van der Waals surface area contributed by atoms with Crippen LogP contribution < -0.4 is 0 Å². The van der Waals surface area contributed by atoms with E-state index in [1.807, 2.05) is 30.2 Å². The summed E-state index contributed by atoms with van der Waals surface area (Å²) in [6.07, 6.45) is 3.82. The van der Waals surface area contributed by atoms with E-state index in [0.29, 0.717) is 0 Å². The van der Waals surface area contributed by atoms with Crippen LogP contribution in [-0.2, 0) is 0 Å².